The lowest BCUT2D eigenvalue weighted by molar-refractivity contribution is 0.171. The number of halogens is 1. The highest BCUT2D eigenvalue weighted by Crippen LogP contribution is 2.13. The number of rotatable bonds is 1. The quantitative estimate of drug-likeness (QED) is 0.557. The molecule has 1 aliphatic rings. The van der Waals surface area contributed by atoms with Gasteiger partial charge in [-0.05, 0) is 0 Å². The van der Waals surface area contributed by atoms with Crippen molar-refractivity contribution in [2.75, 3.05) is 13.3 Å². The van der Waals surface area contributed by atoms with Gasteiger partial charge in [0.1, 0.15) is 19.3 Å². The van der Waals surface area contributed by atoms with Crippen molar-refractivity contribution in [2.24, 2.45) is 0 Å². The van der Waals surface area contributed by atoms with E-state index >= 15 is 0 Å². The van der Waals surface area contributed by atoms with Crippen molar-refractivity contribution in [3.63, 3.8) is 0 Å². The molecule has 0 aromatic rings. The van der Waals surface area contributed by atoms with Crippen LogP contribution in [0.3, 0.4) is 0 Å². The molecule has 0 aromatic heterocycles. The molecule has 3 nitrogen and oxygen atoms in total. The third-order valence-corrected chi connectivity index (χ3v) is 1.60. The van der Waals surface area contributed by atoms with Gasteiger partial charge in [0.2, 0.25) is 0 Å². The maximum absolute atomic E-state index is 11.8. The summed E-state index contributed by atoms with van der Waals surface area (Å²) in [5.41, 5.74) is 0. The number of ether oxygens (including phenoxy) is 1. The smallest absolute Gasteiger partial charge is 0.420 e. The number of nitrogens with zero attached hydrogens (tertiary/aromatic N) is 1. The van der Waals surface area contributed by atoms with Gasteiger partial charge in [0.05, 0.1) is 0 Å². The zero-order valence-corrected chi connectivity index (χ0v) is 5.47. The zero-order chi connectivity index (χ0) is 6.85. The summed E-state index contributed by atoms with van der Waals surface area (Å²) < 4.78 is 17.2. The van der Waals surface area contributed by atoms with Crippen molar-refractivity contribution in [1.82, 2.24) is 4.31 Å². The van der Waals surface area contributed by atoms with Gasteiger partial charge in [-0.15, -0.1) is 0 Å². The number of amides is 1. The van der Waals surface area contributed by atoms with E-state index in [0.717, 1.165) is 4.31 Å². The summed E-state index contributed by atoms with van der Waals surface area (Å²) in [6.45, 7) is -0.492. The zero-order valence-electron chi connectivity index (χ0n) is 4.58. The molecule has 0 spiro atoms. The van der Waals surface area contributed by atoms with Crippen LogP contribution in [0.25, 0.3) is 0 Å². The first-order valence-corrected chi connectivity index (χ1v) is 2.86. The summed E-state index contributed by atoms with van der Waals surface area (Å²) in [6.07, 6.45) is -0.569. The standard InChI is InChI=1S/C4H6FNO2S/c5-1-3-2-8-4(7)6(3)9/h3,9H,1-2H2. The SMILES string of the molecule is O=C1OCC(CF)N1S. The Kier molecular flexibility index (Phi) is 1.80. The average Bonchev–Trinajstić information content (AvgIpc) is 2.15. The predicted molar refractivity (Wildman–Crippen MR) is 31.9 cm³/mol. The molecule has 1 aliphatic heterocycles. The second-order valence-corrected chi connectivity index (χ2v) is 2.16. The molecule has 1 rings (SSSR count). The number of carbonyl (C=O) groups is 1. The molecule has 5 heteroatoms. The maximum atomic E-state index is 11.8. The van der Waals surface area contributed by atoms with Gasteiger partial charge in [0.25, 0.3) is 0 Å². The molecule has 1 unspecified atom stereocenters. The molecule has 0 aliphatic carbocycles. The van der Waals surface area contributed by atoms with E-state index in [-0.39, 0.29) is 6.61 Å². The molecule has 1 heterocycles. The number of alkyl halides is 1. The molecular weight excluding hydrogens is 145 g/mol. The van der Waals surface area contributed by atoms with Crippen molar-refractivity contribution in [1.29, 1.82) is 0 Å². The Morgan fingerprint density at radius 1 is 2.00 bits per heavy atom. The fraction of sp³-hybridized carbons (Fsp3) is 0.750. The Morgan fingerprint density at radius 3 is 2.89 bits per heavy atom. The van der Waals surface area contributed by atoms with Crippen LogP contribution in [0.5, 0.6) is 0 Å². The van der Waals surface area contributed by atoms with Crippen molar-refractivity contribution >= 4 is 18.9 Å². The minimum absolute atomic E-state index is 0.110. The van der Waals surface area contributed by atoms with Crippen molar-refractivity contribution in [3.8, 4) is 0 Å². The molecule has 0 radical (unpaired) electrons. The highest BCUT2D eigenvalue weighted by Gasteiger charge is 2.30. The van der Waals surface area contributed by atoms with E-state index in [1.807, 2.05) is 0 Å². The largest absolute Gasteiger partial charge is 0.446 e. The van der Waals surface area contributed by atoms with E-state index in [2.05, 4.69) is 17.6 Å². The molecule has 9 heavy (non-hydrogen) atoms. The number of carbonyl (C=O) groups excluding carboxylic acids is 1. The molecule has 1 saturated heterocycles. The summed E-state index contributed by atoms with van der Waals surface area (Å²) in [5, 5.41) is 0. The molecule has 0 N–H and O–H groups in total. The van der Waals surface area contributed by atoms with E-state index in [0.29, 0.717) is 0 Å². The summed E-state index contributed by atoms with van der Waals surface area (Å²) in [6, 6.07) is -0.499. The maximum Gasteiger partial charge on any atom is 0.420 e. The molecule has 1 fully saturated rings. The molecule has 1 amide bonds. The Labute approximate surface area is 57.3 Å². The minimum Gasteiger partial charge on any atom is -0.446 e. The molecule has 0 saturated carbocycles. The fourth-order valence-electron chi connectivity index (χ4n) is 0.563. The molecule has 52 valence electrons. The Bertz CT molecular complexity index is 132. The predicted octanol–water partition coefficient (Wildman–Crippen LogP) is 0.621. The van der Waals surface area contributed by atoms with E-state index < -0.39 is 18.8 Å². The van der Waals surface area contributed by atoms with E-state index in [4.69, 9.17) is 0 Å². The number of cyclic esters (lactones) is 1. The lowest BCUT2D eigenvalue weighted by Crippen LogP contribution is -2.26. The van der Waals surface area contributed by atoms with Crippen molar-refractivity contribution in [3.05, 3.63) is 0 Å². The molecule has 0 aromatic carbocycles. The van der Waals surface area contributed by atoms with Gasteiger partial charge < -0.3 is 4.74 Å². The van der Waals surface area contributed by atoms with Crippen LogP contribution in [0.15, 0.2) is 0 Å². The number of hydrogen-bond donors (Lipinski definition) is 1. The van der Waals surface area contributed by atoms with Crippen LogP contribution in [0.2, 0.25) is 0 Å². The van der Waals surface area contributed by atoms with Crippen LogP contribution < -0.4 is 0 Å². The van der Waals surface area contributed by atoms with Crippen LogP contribution in [-0.4, -0.2) is 29.7 Å². The van der Waals surface area contributed by atoms with Gasteiger partial charge in [-0.3, -0.25) is 0 Å². The highest BCUT2D eigenvalue weighted by molar-refractivity contribution is 7.78. The monoisotopic (exact) mass is 151 g/mol. The van der Waals surface area contributed by atoms with Crippen LogP contribution in [0.1, 0.15) is 0 Å². The Morgan fingerprint density at radius 2 is 2.67 bits per heavy atom. The summed E-state index contributed by atoms with van der Waals surface area (Å²) in [4.78, 5) is 10.4. The highest BCUT2D eigenvalue weighted by atomic mass is 32.1. The van der Waals surface area contributed by atoms with Crippen molar-refractivity contribution < 1.29 is 13.9 Å². The first-order chi connectivity index (χ1) is 4.25. The number of thiol groups is 1. The summed E-state index contributed by atoms with van der Waals surface area (Å²) >= 11 is 3.68. The van der Waals surface area contributed by atoms with E-state index in [1.54, 1.807) is 0 Å². The van der Waals surface area contributed by atoms with E-state index in [1.165, 1.54) is 0 Å². The second-order valence-electron chi connectivity index (χ2n) is 1.73. The summed E-state index contributed by atoms with van der Waals surface area (Å²) in [7, 11) is 0. The first-order valence-electron chi connectivity index (χ1n) is 2.46. The lowest BCUT2D eigenvalue weighted by Gasteiger charge is -2.08. The van der Waals surface area contributed by atoms with Crippen LogP contribution in [0, 0.1) is 0 Å². The van der Waals surface area contributed by atoms with Gasteiger partial charge in [-0.1, -0.05) is 12.8 Å². The van der Waals surface area contributed by atoms with Gasteiger partial charge in [-0.25, -0.2) is 13.5 Å². The average molecular weight is 151 g/mol. The Balaban J connectivity index is 2.51. The summed E-state index contributed by atoms with van der Waals surface area (Å²) in [5.74, 6) is 0. The van der Waals surface area contributed by atoms with Gasteiger partial charge in [0, 0.05) is 0 Å². The second kappa shape index (κ2) is 2.43. The third kappa shape index (κ3) is 1.10. The van der Waals surface area contributed by atoms with Crippen molar-refractivity contribution in [2.45, 2.75) is 6.04 Å². The fourth-order valence-corrected chi connectivity index (χ4v) is 0.749. The van der Waals surface area contributed by atoms with Crippen LogP contribution in [0.4, 0.5) is 9.18 Å². The minimum atomic E-state index is -0.602. The topological polar surface area (TPSA) is 29.5 Å². The normalized spacial score (nSPS) is 26.7. The number of hydrogen-bond acceptors (Lipinski definition) is 3. The van der Waals surface area contributed by atoms with Gasteiger partial charge in [-0.2, -0.15) is 0 Å². The third-order valence-electron chi connectivity index (χ3n) is 1.11. The first kappa shape index (κ1) is 6.67. The lowest BCUT2D eigenvalue weighted by atomic mass is 10.4. The van der Waals surface area contributed by atoms with Gasteiger partial charge >= 0.3 is 6.09 Å². The van der Waals surface area contributed by atoms with Gasteiger partial charge in [0.15, 0.2) is 0 Å². The Hall–Kier alpha value is -0.450. The molecular formula is C4H6FNO2S. The molecule has 1 atom stereocenters. The van der Waals surface area contributed by atoms with Crippen LogP contribution >= 0.6 is 12.8 Å². The van der Waals surface area contributed by atoms with Crippen LogP contribution in [-0.2, 0) is 4.74 Å². The molecule has 0 bridgehead atoms. The van der Waals surface area contributed by atoms with E-state index in [9.17, 15) is 9.18 Å².